The highest BCUT2D eigenvalue weighted by Gasteiger charge is 2.45. The van der Waals surface area contributed by atoms with Gasteiger partial charge in [-0.15, -0.1) is 0 Å². The van der Waals surface area contributed by atoms with Gasteiger partial charge >= 0.3 is 0 Å². The Morgan fingerprint density at radius 1 is 1.36 bits per heavy atom. The van der Waals surface area contributed by atoms with Crippen LogP contribution in [0.25, 0.3) is 0 Å². The third kappa shape index (κ3) is 3.22. The Kier molecular flexibility index (Phi) is 4.49. The number of amides is 2. The number of nitrogens with zero attached hydrogens (tertiary/aromatic N) is 2. The number of aromatic amines is 1. The number of fused-ring (bicyclic) bond motifs is 1. The number of aromatic nitrogens is 2. The van der Waals surface area contributed by atoms with Crippen molar-refractivity contribution in [2.45, 2.75) is 32.7 Å². The largest absolute Gasteiger partial charge is 0.395 e. The van der Waals surface area contributed by atoms with E-state index in [0.29, 0.717) is 24.7 Å². The lowest BCUT2D eigenvalue weighted by Crippen LogP contribution is -2.47. The summed E-state index contributed by atoms with van der Waals surface area (Å²) in [5, 5.41) is 15.0. The Labute approximate surface area is 146 Å². The normalized spacial score (nSPS) is 25.9. The summed E-state index contributed by atoms with van der Waals surface area (Å²) in [7, 11) is 1.64. The number of hydrogen-bond donors (Lipinski definition) is 3. The summed E-state index contributed by atoms with van der Waals surface area (Å²) in [6, 6.07) is 1.34. The predicted molar refractivity (Wildman–Crippen MR) is 90.9 cm³/mol. The third-order valence-electron chi connectivity index (χ3n) is 5.60. The van der Waals surface area contributed by atoms with Crippen molar-refractivity contribution in [2.75, 3.05) is 19.7 Å². The summed E-state index contributed by atoms with van der Waals surface area (Å²) in [6.07, 6.45) is 1.86. The van der Waals surface area contributed by atoms with Crippen LogP contribution >= 0.6 is 0 Å². The molecule has 1 aromatic rings. The molecule has 2 aliphatic rings. The lowest BCUT2D eigenvalue weighted by molar-refractivity contribution is -0.132. The molecule has 1 saturated carbocycles. The van der Waals surface area contributed by atoms with Crippen molar-refractivity contribution in [3.63, 3.8) is 0 Å². The van der Waals surface area contributed by atoms with Crippen LogP contribution in [-0.4, -0.2) is 57.3 Å². The number of H-pyrrole nitrogens is 1. The Morgan fingerprint density at radius 2 is 2.08 bits per heavy atom. The van der Waals surface area contributed by atoms with Gasteiger partial charge in [0, 0.05) is 38.2 Å². The molecule has 3 unspecified atom stereocenters. The van der Waals surface area contributed by atoms with E-state index in [0.717, 1.165) is 12.8 Å². The molecule has 2 amide bonds. The number of aryl methyl sites for hydroxylation is 1. The van der Waals surface area contributed by atoms with Crippen molar-refractivity contribution in [3.8, 4) is 0 Å². The van der Waals surface area contributed by atoms with Crippen LogP contribution in [0.4, 0.5) is 0 Å². The van der Waals surface area contributed by atoms with Crippen molar-refractivity contribution >= 4 is 11.8 Å². The number of likely N-dealkylation sites (tertiary alicyclic amines) is 1. The molecule has 1 aliphatic heterocycles. The fourth-order valence-electron chi connectivity index (χ4n) is 3.89. The van der Waals surface area contributed by atoms with Crippen LogP contribution in [0.2, 0.25) is 0 Å². The van der Waals surface area contributed by atoms with Gasteiger partial charge in [-0.1, -0.05) is 0 Å². The van der Waals surface area contributed by atoms with Crippen LogP contribution in [0, 0.1) is 17.3 Å². The zero-order valence-electron chi connectivity index (χ0n) is 14.9. The molecular weight excluding hydrogens is 324 g/mol. The van der Waals surface area contributed by atoms with Crippen LogP contribution in [-0.2, 0) is 11.8 Å². The number of hydrogen-bond acceptors (Lipinski definition) is 4. The van der Waals surface area contributed by atoms with Crippen LogP contribution in [0.5, 0.6) is 0 Å². The number of aliphatic hydroxyl groups is 1. The van der Waals surface area contributed by atoms with E-state index in [1.165, 1.54) is 10.7 Å². The van der Waals surface area contributed by atoms with Gasteiger partial charge in [-0.25, -0.2) is 0 Å². The molecule has 2 fully saturated rings. The molecule has 0 aromatic carbocycles. The highest BCUT2D eigenvalue weighted by Crippen LogP contribution is 2.39. The molecule has 0 spiro atoms. The second-order valence-electron chi connectivity index (χ2n) is 7.90. The summed E-state index contributed by atoms with van der Waals surface area (Å²) < 4.78 is 1.45. The number of nitrogens with one attached hydrogen (secondary N) is 2. The van der Waals surface area contributed by atoms with Crippen molar-refractivity contribution in [3.05, 3.63) is 22.1 Å². The lowest BCUT2D eigenvalue weighted by atomic mass is 9.91. The maximum absolute atomic E-state index is 12.7. The molecule has 138 valence electrons. The van der Waals surface area contributed by atoms with E-state index in [2.05, 4.69) is 10.4 Å². The quantitative estimate of drug-likeness (QED) is 0.693. The van der Waals surface area contributed by atoms with E-state index in [1.54, 1.807) is 25.8 Å². The van der Waals surface area contributed by atoms with Gasteiger partial charge < -0.3 is 15.3 Å². The summed E-state index contributed by atoms with van der Waals surface area (Å²) in [6.45, 7) is 4.45. The van der Waals surface area contributed by atoms with Crippen molar-refractivity contribution in [1.82, 2.24) is 20.0 Å². The standard InChI is InChI=1S/C17H26N4O4/c1-17(2,9-22)16(25)18-12-5-4-10-7-21(8-11(10)12)15(24)13-6-14(23)19-20(13)3/h6,10-12,22H,4-5,7-9H2,1-3H3,(H,18,25)(H,19,23). The van der Waals surface area contributed by atoms with E-state index in [4.69, 9.17) is 0 Å². The van der Waals surface area contributed by atoms with Crippen molar-refractivity contribution < 1.29 is 14.7 Å². The van der Waals surface area contributed by atoms with Gasteiger partial charge in [-0.2, -0.15) is 0 Å². The topological polar surface area (TPSA) is 107 Å². The zero-order valence-corrected chi connectivity index (χ0v) is 14.9. The predicted octanol–water partition coefficient (Wildman–Crippen LogP) is -0.301. The minimum atomic E-state index is -0.810. The molecule has 1 aliphatic carbocycles. The minimum Gasteiger partial charge on any atom is -0.395 e. The number of carbonyl (C=O) groups excluding carboxylic acids is 2. The monoisotopic (exact) mass is 350 g/mol. The van der Waals surface area contributed by atoms with Crippen LogP contribution in [0.1, 0.15) is 37.2 Å². The van der Waals surface area contributed by atoms with Gasteiger partial charge in [0.15, 0.2) is 0 Å². The van der Waals surface area contributed by atoms with Crippen molar-refractivity contribution in [1.29, 1.82) is 0 Å². The molecule has 0 bridgehead atoms. The fourth-order valence-corrected chi connectivity index (χ4v) is 3.89. The molecule has 3 atom stereocenters. The lowest BCUT2D eigenvalue weighted by Gasteiger charge is -2.27. The van der Waals surface area contributed by atoms with Gasteiger partial charge in [0.1, 0.15) is 5.69 Å². The average molecular weight is 350 g/mol. The Bertz CT molecular complexity index is 735. The zero-order chi connectivity index (χ0) is 18.4. The summed E-state index contributed by atoms with van der Waals surface area (Å²) in [4.78, 5) is 38.2. The first-order valence-corrected chi connectivity index (χ1v) is 8.70. The Hall–Kier alpha value is -2.09. The molecule has 0 radical (unpaired) electrons. The molecule has 2 heterocycles. The average Bonchev–Trinajstić information content (AvgIpc) is 3.22. The number of carbonyl (C=O) groups is 2. The van der Waals surface area contributed by atoms with Crippen molar-refractivity contribution in [2.24, 2.45) is 24.3 Å². The summed E-state index contributed by atoms with van der Waals surface area (Å²) in [5.74, 6) is 0.273. The first kappa shape index (κ1) is 17.7. The Morgan fingerprint density at radius 3 is 2.68 bits per heavy atom. The van der Waals surface area contributed by atoms with E-state index in [9.17, 15) is 19.5 Å². The van der Waals surface area contributed by atoms with Crippen LogP contribution in [0.15, 0.2) is 10.9 Å². The molecule has 8 heteroatoms. The molecule has 8 nitrogen and oxygen atoms in total. The smallest absolute Gasteiger partial charge is 0.272 e. The number of rotatable bonds is 4. The highest BCUT2D eigenvalue weighted by atomic mass is 16.3. The van der Waals surface area contributed by atoms with Crippen LogP contribution < -0.4 is 10.9 Å². The second kappa shape index (κ2) is 6.33. The van der Waals surface area contributed by atoms with Crippen LogP contribution in [0.3, 0.4) is 0 Å². The van der Waals surface area contributed by atoms with Gasteiger partial charge in [0.25, 0.3) is 11.5 Å². The molecule has 1 aromatic heterocycles. The Balaban J connectivity index is 1.67. The van der Waals surface area contributed by atoms with Gasteiger partial charge in [0.2, 0.25) is 5.91 Å². The first-order valence-electron chi connectivity index (χ1n) is 8.70. The maximum atomic E-state index is 12.7. The molecule has 1 saturated heterocycles. The molecule has 3 rings (SSSR count). The first-order chi connectivity index (χ1) is 11.7. The number of aliphatic hydroxyl groups excluding tert-OH is 1. The van der Waals surface area contributed by atoms with E-state index in [-0.39, 0.29) is 35.9 Å². The van der Waals surface area contributed by atoms with E-state index < -0.39 is 5.41 Å². The summed E-state index contributed by atoms with van der Waals surface area (Å²) >= 11 is 0. The fraction of sp³-hybridized carbons (Fsp3) is 0.706. The SMILES string of the molecule is Cn1[nH]c(=O)cc1C(=O)N1CC2CCC(NC(=O)C(C)(C)CO)C2C1. The third-order valence-corrected chi connectivity index (χ3v) is 5.60. The van der Waals surface area contributed by atoms with E-state index >= 15 is 0 Å². The maximum Gasteiger partial charge on any atom is 0.272 e. The minimum absolute atomic E-state index is 0.0242. The molecule has 25 heavy (non-hydrogen) atoms. The second-order valence-corrected chi connectivity index (χ2v) is 7.90. The highest BCUT2D eigenvalue weighted by molar-refractivity contribution is 5.92. The summed E-state index contributed by atoms with van der Waals surface area (Å²) in [5.41, 5.74) is -0.746. The molecule has 3 N–H and O–H groups in total. The molecular formula is C17H26N4O4. The van der Waals surface area contributed by atoms with E-state index in [1.807, 2.05) is 0 Å². The van der Waals surface area contributed by atoms with Gasteiger partial charge in [0.05, 0.1) is 12.0 Å². The van der Waals surface area contributed by atoms with Gasteiger partial charge in [-0.05, 0) is 32.6 Å². The van der Waals surface area contributed by atoms with Gasteiger partial charge in [-0.3, -0.25) is 24.2 Å².